The van der Waals surface area contributed by atoms with Crippen LogP contribution in [0.1, 0.15) is 11.1 Å². The molecular weight excluding hydrogens is 498 g/mol. The Kier molecular flexibility index (Phi) is 8.22. The predicted molar refractivity (Wildman–Crippen MR) is 144 cm³/mol. The molecule has 0 bridgehead atoms. The van der Waals surface area contributed by atoms with Gasteiger partial charge in [-0.05, 0) is 41.5 Å². The number of carbonyl (C=O) groups is 2. The topological polar surface area (TPSA) is 82.0 Å². The summed E-state index contributed by atoms with van der Waals surface area (Å²) < 4.78 is 0. The molecule has 35 heavy (non-hydrogen) atoms. The van der Waals surface area contributed by atoms with E-state index in [9.17, 15) is 14.9 Å². The van der Waals surface area contributed by atoms with Gasteiger partial charge in [-0.1, -0.05) is 60.1 Å². The fourth-order valence-corrected chi connectivity index (χ4v) is 5.18. The number of hydrogen-bond donors (Lipinski definition) is 2. The first kappa shape index (κ1) is 24.6. The molecule has 5 nitrogen and oxygen atoms in total. The molecule has 1 heterocycles. The van der Waals surface area contributed by atoms with E-state index in [-0.39, 0.29) is 24.0 Å². The van der Waals surface area contributed by atoms with E-state index >= 15 is 0 Å². The SMILES string of the molecule is N#Cc1c(-c2ccccc2)csc1NC(=O)CSc1cccc(NC(=O)Cc2ccc(Cl)cc2)c1. The lowest BCUT2D eigenvalue weighted by Crippen LogP contribution is -2.15. The highest BCUT2D eigenvalue weighted by molar-refractivity contribution is 8.00. The Labute approximate surface area is 216 Å². The summed E-state index contributed by atoms with van der Waals surface area (Å²) in [5.41, 5.74) is 3.74. The molecule has 0 fully saturated rings. The molecule has 2 N–H and O–H groups in total. The maximum absolute atomic E-state index is 12.6. The van der Waals surface area contributed by atoms with Gasteiger partial charge in [-0.15, -0.1) is 23.1 Å². The maximum Gasteiger partial charge on any atom is 0.235 e. The average molecular weight is 518 g/mol. The number of hydrogen-bond acceptors (Lipinski definition) is 5. The van der Waals surface area contributed by atoms with Crippen LogP contribution in [0, 0.1) is 11.3 Å². The van der Waals surface area contributed by atoms with Crippen LogP contribution in [0.2, 0.25) is 5.02 Å². The molecule has 0 aliphatic rings. The molecule has 2 amide bonds. The van der Waals surface area contributed by atoms with Crippen molar-refractivity contribution in [3.63, 3.8) is 0 Å². The molecule has 0 saturated carbocycles. The molecule has 4 aromatic rings. The Morgan fingerprint density at radius 3 is 2.46 bits per heavy atom. The lowest BCUT2D eigenvalue weighted by Gasteiger charge is -2.08. The van der Waals surface area contributed by atoms with Gasteiger partial charge in [-0.2, -0.15) is 5.26 Å². The number of rotatable bonds is 8. The van der Waals surface area contributed by atoms with Crippen LogP contribution in [0.25, 0.3) is 11.1 Å². The minimum Gasteiger partial charge on any atom is -0.326 e. The third-order valence-electron chi connectivity index (χ3n) is 5.01. The lowest BCUT2D eigenvalue weighted by molar-refractivity contribution is -0.115. The summed E-state index contributed by atoms with van der Waals surface area (Å²) in [5, 5.41) is 18.4. The van der Waals surface area contributed by atoms with Crippen molar-refractivity contribution in [1.29, 1.82) is 5.26 Å². The van der Waals surface area contributed by atoms with Gasteiger partial charge in [0.15, 0.2) is 0 Å². The fourth-order valence-electron chi connectivity index (χ4n) is 3.36. The number of nitrogens with zero attached hydrogens (tertiary/aromatic N) is 1. The highest BCUT2D eigenvalue weighted by Crippen LogP contribution is 2.35. The number of nitriles is 1. The first-order valence-electron chi connectivity index (χ1n) is 10.7. The summed E-state index contributed by atoms with van der Waals surface area (Å²) in [6.45, 7) is 0. The molecule has 1 aromatic heterocycles. The normalized spacial score (nSPS) is 10.4. The second-order valence-electron chi connectivity index (χ2n) is 7.55. The van der Waals surface area contributed by atoms with Crippen molar-refractivity contribution < 1.29 is 9.59 Å². The van der Waals surface area contributed by atoms with Crippen molar-refractivity contribution >= 4 is 57.2 Å². The van der Waals surface area contributed by atoms with Gasteiger partial charge in [0, 0.05) is 26.5 Å². The second kappa shape index (κ2) is 11.7. The van der Waals surface area contributed by atoms with Crippen LogP contribution < -0.4 is 10.6 Å². The standard InChI is InChI=1S/C27H20ClN3O2S2/c28-20-11-9-18(10-12-20)13-25(32)30-21-7-4-8-22(14-21)34-17-26(33)31-27-23(15-29)24(16-35-27)19-5-2-1-3-6-19/h1-12,14,16H,13,17H2,(H,30,32)(H,31,33). The van der Waals surface area contributed by atoms with Crippen LogP contribution in [0.5, 0.6) is 0 Å². The van der Waals surface area contributed by atoms with Gasteiger partial charge in [-0.3, -0.25) is 9.59 Å². The number of thiophene rings is 1. The number of halogens is 1. The zero-order valence-electron chi connectivity index (χ0n) is 18.5. The molecule has 8 heteroatoms. The quantitative estimate of drug-likeness (QED) is 0.250. The molecule has 3 aromatic carbocycles. The number of thioether (sulfide) groups is 1. The molecule has 0 aliphatic heterocycles. The number of amides is 2. The lowest BCUT2D eigenvalue weighted by atomic mass is 10.1. The van der Waals surface area contributed by atoms with Crippen molar-refractivity contribution in [2.75, 3.05) is 16.4 Å². The van der Waals surface area contributed by atoms with Crippen LogP contribution >= 0.6 is 34.7 Å². The van der Waals surface area contributed by atoms with E-state index in [1.807, 2.05) is 66.0 Å². The van der Waals surface area contributed by atoms with Gasteiger partial charge in [0.2, 0.25) is 11.8 Å². The van der Waals surface area contributed by atoms with Crippen LogP contribution in [0.3, 0.4) is 0 Å². The van der Waals surface area contributed by atoms with Gasteiger partial charge in [0.25, 0.3) is 0 Å². The van der Waals surface area contributed by atoms with E-state index in [2.05, 4.69) is 16.7 Å². The van der Waals surface area contributed by atoms with Crippen molar-refractivity contribution in [3.05, 3.63) is 100 Å². The average Bonchev–Trinajstić information content (AvgIpc) is 3.27. The van der Waals surface area contributed by atoms with Gasteiger partial charge < -0.3 is 10.6 Å². The molecule has 0 atom stereocenters. The molecule has 0 saturated heterocycles. The highest BCUT2D eigenvalue weighted by Gasteiger charge is 2.15. The largest absolute Gasteiger partial charge is 0.326 e. The van der Waals surface area contributed by atoms with Gasteiger partial charge >= 0.3 is 0 Å². The zero-order valence-corrected chi connectivity index (χ0v) is 20.8. The fraction of sp³-hybridized carbons (Fsp3) is 0.0741. The predicted octanol–water partition coefficient (Wildman–Crippen LogP) is 6.85. The monoisotopic (exact) mass is 517 g/mol. The first-order chi connectivity index (χ1) is 17.0. The minimum absolute atomic E-state index is 0.136. The van der Waals surface area contributed by atoms with Crippen LogP contribution in [0.15, 0.2) is 89.1 Å². The molecule has 174 valence electrons. The van der Waals surface area contributed by atoms with E-state index in [1.54, 1.807) is 18.2 Å². The molecule has 0 spiro atoms. The number of nitrogens with one attached hydrogen (secondary N) is 2. The molecule has 4 rings (SSSR count). The smallest absolute Gasteiger partial charge is 0.235 e. The number of anilines is 2. The maximum atomic E-state index is 12.6. The second-order valence-corrected chi connectivity index (χ2v) is 9.91. The summed E-state index contributed by atoms with van der Waals surface area (Å²) in [6, 6.07) is 26.3. The van der Waals surface area contributed by atoms with Gasteiger partial charge in [-0.25, -0.2) is 0 Å². The van der Waals surface area contributed by atoms with E-state index in [4.69, 9.17) is 11.6 Å². The third kappa shape index (κ3) is 6.74. The summed E-state index contributed by atoms with van der Waals surface area (Å²) in [5.74, 6) is -0.167. The van der Waals surface area contributed by atoms with E-state index < -0.39 is 0 Å². The van der Waals surface area contributed by atoms with Gasteiger partial charge in [0.1, 0.15) is 11.1 Å². The number of benzene rings is 3. The Balaban J connectivity index is 1.33. The summed E-state index contributed by atoms with van der Waals surface area (Å²) in [6.07, 6.45) is 0.240. The Bertz CT molecular complexity index is 1380. The molecule has 0 radical (unpaired) electrons. The Hall–Kier alpha value is -3.57. The van der Waals surface area contributed by atoms with Crippen molar-refractivity contribution in [1.82, 2.24) is 0 Å². The third-order valence-corrected chi connectivity index (χ3v) is 7.15. The highest BCUT2D eigenvalue weighted by atomic mass is 35.5. The van der Waals surface area contributed by atoms with Crippen molar-refractivity contribution in [2.24, 2.45) is 0 Å². The van der Waals surface area contributed by atoms with Gasteiger partial charge in [0.05, 0.1) is 17.7 Å². The van der Waals surface area contributed by atoms with Crippen LogP contribution in [-0.2, 0) is 16.0 Å². The molecule has 0 aliphatic carbocycles. The summed E-state index contributed by atoms with van der Waals surface area (Å²) in [4.78, 5) is 25.8. The summed E-state index contributed by atoms with van der Waals surface area (Å²) >= 11 is 8.58. The Morgan fingerprint density at radius 1 is 0.943 bits per heavy atom. The van der Waals surface area contributed by atoms with E-state index in [1.165, 1.54) is 23.1 Å². The summed E-state index contributed by atoms with van der Waals surface area (Å²) in [7, 11) is 0. The molecular formula is C27H20ClN3O2S2. The van der Waals surface area contributed by atoms with Crippen molar-refractivity contribution in [2.45, 2.75) is 11.3 Å². The van der Waals surface area contributed by atoms with Crippen LogP contribution in [0.4, 0.5) is 10.7 Å². The zero-order chi connectivity index (χ0) is 24.6. The van der Waals surface area contributed by atoms with E-state index in [0.717, 1.165) is 21.6 Å². The van der Waals surface area contributed by atoms with E-state index in [0.29, 0.717) is 21.3 Å². The Morgan fingerprint density at radius 2 is 1.71 bits per heavy atom. The number of carbonyl (C=O) groups excluding carboxylic acids is 2. The first-order valence-corrected chi connectivity index (χ1v) is 12.9. The van der Waals surface area contributed by atoms with Crippen LogP contribution in [-0.4, -0.2) is 17.6 Å². The minimum atomic E-state index is -0.204. The molecule has 0 unspecified atom stereocenters. The van der Waals surface area contributed by atoms with Crippen molar-refractivity contribution in [3.8, 4) is 17.2 Å².